The number of aromatic nitrogens is 1. The zero-order valence-electron chi connectivity index (χ0n) is 19.9. The molecule has 6 heteroatoms. The molecule has 6 nitrogen and oxygen atoms in total. The summed E-state index contributed by atoms with van der Waals surface area (Å²) >= 11 is 0. The Morgan fingerprint density at radius 1 is 0.857 bits per heavy atom. The van der Waals surface area contributed by atoms with Gasteiger partial charge in [-0.15, -0.1) is 0 Å². The standard InChI is InChI=1S/C29H31N3O3/c33-27(21-7-2-1-3-8-21)30-25-12-13-26-24-14-19(17-32(26)29(25)35)16-31(18-24)28(34)23-11-10-20-6-4-5-9-22(20)15-23/h4-6,9-13,15,19,21,24H,1-3,7-8,14,16-18H2,(H,30,33)/t19-,24-/m1/s1. The molecule has 180 valence electrons. The fraction of sp³-hybridized carbons (Fsp3) is 0.414. The van der Waals surface area contributed by atoms with E-state index in [-0.39, 0.29) is 35.1 Å². The molecule has 1 aliphatic carbocycles. The maximum Gasteiger partial charge on any atom is 0.274 e. The van der Waals surface area contributed by atoms with Crippen LogP contribution in [0.3, 0.4) is 0 Å². The molecule has 2 atom stereocenters. The Morgan fingerprint density at radius 2 is 1.66 bits per heavy atom. The van der Waals surface area contributed by atoms with Crippen molar-refractivity contribution in [2.45, 2.75) is 51.0 Å². The van der Waals surface area contributed by atoms with Gasteiger partial charge in [0.1, 0.15) is 5.69 Å². The molecule has 2 fully saturated rings. The van der Waals surface area contributed by atoms with E-state index in [0.29, 0.717) is 30.9 Å². The molecule has 2 bridgehead atoms. The average molecular weight is 470 g/mol. The van der Waals surface area contributed by atoms with Gasteiger partial charge in [0.05, 0.1) is 0 Å². The van der Waals surface area contributed by atoms with E-state index >= 15 is 0 Å². The quantitative estimate of drug-likeness (QED) is 0.600. The van der Waals surface area contributed by atoms with Crippen molar-refractivity contribution in [1.82, 2.24) is 9.47 Å². The lowest BCUT2D eigenvalue weighted by Crippen LogP contribution is -2.49. The summed E-state index contributed by atoms with van der Waals surface area (Å²) in [4.78, 5) is 41.4. The van der Waals surface area contributed by atoms with Crippen molar-refractivity contribution in [2.24, 2.45) is 11.8 Å². The summed E-state index contributed by atoms with van der Waals surface area (Å²) in [7, 11) is 0. The molecule has 35 heavy (non-hydrogen) atoms. The molecule has 1 saturated heterocycles. The fourth-order valence-electron chi connectivity index (χ4n) is 6.31. The molecule has 2 aliphatic heterocycles. The molecule has 1 aromatic heterocycles. The minimum Gasteiger partial charge on any atom is -0.338 e. The van der Waals surface area contributed by atoms with Gasteiger partial charge in [0, 0.05) is 42.7 Å². The highest BCUT2D eigenvalue weighted by molar-refractivity contribution is 5.98. The van der Waals surface area contributed by atoms with Crippen molar-refractivity contribution in [1.29, 1.82) is 0 Å². The Morgan fingerprint density at radius 3 is 2.49 bits per heavy atom. The maximum atomic E-state index is 13.4. The number of amides is 2. The predicted octanol–water partition coefficient (Wildman–Crippen LogP) is 4.78. The minimum atomic E-state index is -0.115. The first-order valence-electron chi connectivity index (χ1n) is 12.9. The molecule has 1 saturated carbocycles. The van der Waals surface area contributed by atoms with Gasteiger partial charge in [0.25, 0.3) is 11.5 Å². The highest BCUT2D eigenvalue weighted by Gasteiger charge is 2.37. The lowest BCUT2D eigenvalue weighted by molar-refractivity contribution is -0.120. The highest BCUT2D eigenvalue weighted by atomic mass is 16.2. The van der Waals surface area contributed by atoms with Gasteiger partial charge in [0.2, 0.25) is 5.91 Å². The number of anilines is 1. The second-order valence-corrected chi connectivity index (χ2v) is 10.5. The van der Waals surface area contributed by atoms with Crippen LogP contribution in [0, 0.1) is 11.8 Å². The molecule has 3 aliphatic rings. The number of carbonyl (C=O) groups is 2. The number of carbonyl (C=O) groups excluding carboxylic acids is 2. The summed E-state index contributed by atoms with van der Waals surface area (Å²) in [6.45, 7) is 1.83. The second kappa shape index (κ2) is 8.99. The van der Waals surface area contributed by atoms with E-state index < -0.39 is 0 Å². The minimum absolute atomic E-state index is 0.0123. The number of likely N-dealkylation sites (tertiary alicyclic amines) is 1. The molecule has 1 N–H and O–H groups in total. The molecule has 2 aromatic carbocycles. The number of benzene rings is 2. The van der Waals surface area contributed by atoms with Gasteiger partial charge in [-0.25, -0.2) is 0 Å². The van der Waals surface area contributed by atoms with Gasteiger partial charge in [-0.05, 0) is 60.2 Å². The van der Waals surface area contributed by atoms with Crippen LogP contribution < -0.4 is 10.9 Å². The summed E-state index contributed by atoms with van der Waals surface area (Å²) in [5, 5.41) is 5.11. The lowest BCUT2D eigenvalue weighted by Gasteiger charge is -2.43. The van der Waals surface area contributed by atoms with E-state index in [1.165, 1.54) is 6.42 Å². The van der Waals surface area contributed by atoms with E-state index in [1.54, 1.807) is 6.07 Å². The number of fused-ring (bicyclic) bond motifs is 5. The average Bonchev–Trinajstić information content (AvgIpc) is 2.90. The molecule has 3 aromatic rings. The van der Waals surface area contributed by atoms with Gasteiger partial charge in [-0.1, -0.05) is 49.6 Å². The third-order valence-corrected chi connectivity index (χ3v) is 8.12. The number of nitrogens with zero attached hydrogens (tertiary/aromatic N) is 2. The lowest BCUT2D eigenvalue weighted by atomic mass is 9.82. The van der Waals surface area contributed by atoms with Crippen molar-refractivity contribution in [3.8, 4) is 0 Å². The van der Waals surface area contributed by atoms with Crippen molar-refractivity contribution in [2.75, 3.05) is 18.4 Å². The van der Waals surface area contributed by atoms with Gasteiger partial charge < -0.3 is 14.8 Å². The zero-order chi connectivity index (χ0) is 23.9. The predicted molar refractivity (Wildman–Crippen MR) is 137 cm³/mol. The summed E-state index contributed by atoms with van der Waals surface area (Å²) in [6.07, 6.45) is 6.15. The summed E-state index contributed by atoms with van der Waals surface area (Å²) in [5.41, 5.74) is 1.95. The molecule has 6 rings (SSSR count). The van der Waals surface area contributed by atoms with Crippen molar-refractivity contribution >= 4 is 28.3 Å². The number of nitrogens with one attached hydrogen (secondary N) is 1. The fourth-order valence-corrected chi connectivity index (χ4v) is 6.31. The third-order valence-electron chi connectivity index (χ3n) is 8.12. The summed E-state index contributed by atoms with van der Waals surface area (Å²) in [5.74, 6) is 0.400. The second-order valence-electron chi connectivity index (χ2n) is 10.5. The largest absolute Gasteiger partial charge is 0.338 e. The zero-order valence-corrected chi connectivity index (χ0v) is 19.9. The van der Waals surface area contributed by atoms with E-state index in [9.17, 15) is 14.4 Å². The van der Waals surface area contributed by atoms with Crippen LogP contribution >= 0.6 is 0 Å². The SMILES string of the molecule is O=C(Nc1ccc2n(c1=O)C[C@@H]1C[C@@H]2CN(C(=O)c2ccc3ccccc3c2)C1)C1CCCCC1. The van der Waals surface area contributed by atoms with Gasteiger partial charge in [-0.2, -0.15) is 0 Å². The molecular weight excluding hydrogens is 438 g/mol. The number of rotatable bonds is 3. The van der Waals surface area contributed by atoms with Crippen LogP contribution in [-0.2, 0) is 11.3 Å². The number of hydrogen-bond acceptors (Lipinski definition) is 3. The number of hydrogen-bond donors (Lipinski definition) is 1. The Hall–Kier alpha value is -3.41. The first-order valence-corrected chi connectivity index (χ1v) is 12.9. The Bertz CT molecular complexity index is 1350. The summed E-state index contributed by atoms with van der Waals surface area (Å²) in [6, 6.07) is 17.7. The van der Waals surface area contributed by atoms with Gasteiger partial charge in [0.15, 0.2) is 0 Å². The molecule has 3 heterocycles. The van der Waals surface area contributed by atoms with E-state index in [2.05, 4.69) is 11.4 Å². The molecule has 0 spiro atoms. The van der Waals surface area contributed by atoms with E-state index in [0.717, 1.165) is 48.6 Å². The van der Waals surface area contributed by atoms with Crippen molar-refractivity contribution in [3.63, 3.8) is 0 Å². The molecule has 0 unspecified atom stereocenters. The van der Waals surface area contributed by atoms with Crippen molar-refractivity contribution < 1.29 is 9.59 Å². The molecular formula is C29H31N3O3. The number of piperidine rings is 1. The topological polar surface area (TPSA) is 71.4 Å². The molecule has 2 amide bonds. The van der Waals surface area contributed by atoms with Crippen LogP contribution in [0.1, 0.15) is 60.5 Å². The Balaban J connectivity index is 1.21. The van der Waals surface area contributed by atoms with E-state index in [1.807, 2.05) is 51.9 Å². The smallest absolute Gasteiger partial charge is 0.274 e. The normalized spacial score (nSPS) is 22.0. The van der Waals surface area contributed by atoms with Crippen LogP contribution in [0.5, 0.6) is 0 Å². The number of pyridine rings is 1. The van der Waals surface area contributed by atoms with Crippen molar-refractivity contribution in [3.05, 3.63) is 76.2 Å². The van der Waals surface area contributed by atoms with Crippen LogP contribution in [0.25, 0.3) is 10.8 Å². The Labute approximate surface area is 204 Å². The monoisotopic (exact) mass is 469 g/mol. The Kier molecular flexibility index (Phi) is 5.67. The maximum absolute atomic E-state index is 13.4. The van der Waals surface area contributed by atoms with Crippen LogP contribution in [0.15, 0.2) is 59.4 Å². The third kappa shape index (κ3) is 4.15. The van der Waals surface area contributed by atoms with Gasteiger partial charge >= 0.3 is 0 Å². The van der Waals surface area contributed by atoms with Crippen LogP contribution in [-0.4, -0.2) is 34.4 Å². The molecule has 0 radical (unpaired) electrons. The van der Waals surface area contributed by atoms with E-state index in [4.69, 9.17) is 0 Å². The van der Waals surface area contributed by atoms with Crippen LogP contribution in [0.2, 0.25) is 0 Å². The first kappa shape index (κ1) is 22.1. The highest BCUT2D eigenvalue weighted by Crippen LogP contribution is 2.36. The van der Waals surface area contributed by atoms with Gasteiger partial charge in [-0.3, -0.25) is 14.4 Å². The summed E-state index contributed by atoms with van der Waals surface area (Å²) < 4.78 is 1.84. The first-order chi connectivity index (χ1) is 17.1. The van der Waals surface area contributed by atoms with Crippen LogP contribution in [0.4, 0.5) is 5.69 Å².